The molecule has 0 aliphatic carbocycles. The van der Waals surface area contributed by atoms with Crippen molar-refractivity contribution in [3.05, 3.63) is 76.5 Å². The second-order valence-electron chi connectivity index (χ2n) is 9.17. The van der Waals surface area contributed by atoms with Crippen LogP contribution >= 0.6 is 0 Å². The molecule has 0 radical (unpaired) electrons. The number of benzene rings is 2. The Labute approximate surface area is 201 Å². The first-order valence-electron chi connectivity index (χ1n) is 12.0. The van der Waals surface area contributed by atoms with E-state index >= 15 is 0 Å². The molecule has 2 aliphatic heterocycles. The van der Waals surface area contributed by atoms with Crippen molar-refractivity contribution in [2.24, 2.45) is 0 Å². The summed E-state index contributed by atoms with van der Waals surface area (Å²) in [5, 5.41) is 5.82. The smallest absolute Gasteiger partial charge is 0.338 e. The number of carbonyl (C=O) groups excluding carboxylic acids is 2. The van der Waals surface area contributed by atoms with Crippen LogP contribution in [0, 0.1) is 13.8 Å². The van der Waals surface area contributed by atoms with Gasteiger partial charge >= 0.3 is 12.0 Å². The number of carbonyl (C=O) groups is 2. The number of amides is 2. The van der Waals surface area contributed by atoms with Crippen LogP contribution < -0.4 is 15.5 Å². The van der Waals surface area contributed by atoms with Gasteiger partial charge in [-0.1, -0.05) is 42.0 Å². The highest BCUT2D eigenvalue weighted by Gasteiger charge is 2.35. The van der Waals surface area contributed by atoms with E-state index in [0.717, 1.165) is 30.8 Å². The van der Waals surface area contributed by atoms with Gasteiger partial charge in [-0.3, -0.25) is 4.90 Å². The highest BCUT2D eigenvalue weighted by Crippen LogP contribution is 2.29. The standard InChI is InChI=1S/C27H34N4O3/c1-5-34-26(32)24-23(28-27(33)29-25(24)21-11-9-18(2)10-12-21)17-30-13-14-31(20(4)16-30)22-8-6-7-19(3)15-22/h6-12,15,20,25H,5,13-14,16-17H2,1-4H3,(H2,28,29,33)/t20-,25+/m0/s1. The van der Waals surface area contributed by atoms with Crippen molar-refractivity contribution in [2.75, 3.05) is 37.7 Å². The molecule has 0 bridgehead atoms. The van der Waals surface area contributed by atoms with Gasteiger partial charge in [0.25, 0.3) is 0 Å². The van der Waals surface area contributed by atoms with Crippen LogP contribution in [0.15, 0.2) is 59.8 Å². The lowest BCUT2D eigenvalue weighted by atomic mass is 9.94. The minimum Gasteiger partial charge on any atom is -0.463 e. The molecule has 1 fully saturated rings. The fourth-order valence-electron chi connectivity index (χ4n) is 4.79. The molecule has 2 N–H and O–H groups in total. The summed E-state index contributed by atoms with van der Waals surface area (Å²) in [5.41, 5.74) is 5.54. The Kier molecular flexibility index (Phi) is 7.22. The van der Waals surface area contributed by atoms with Crippen LogP contribution in [0.5, 0.6) is 0 Å². The van der Waals surface area contributed by atoms with Crippen LogP contribution in [0.4, 0.5) is 10.5 Å². The zero-order chi connectivity index (χ0) is 24.2. The van der Waals surface area contributed by atoms with E-state index in [0.29, 0.717) is 23.9 Å². The van der Waals surface area contributed by atoms with Gasteiger partial charge in [-0.2, -0.15) is 0 Å². The maximum Gasteiger partial charge on any atom is 0.338 e. The van der Waals surface area contributed by atoms with E-state index in [-0.39, 0.29) is 12.6 Å². The van der Waals surface area contributed by atoms with Gasteiger partial charge in [0, 0.05) is 43.6 Å². The van der Waals surface area contributed by atoms with Crippen LogP contribution in [0.2, 0.25) is 0 Å². The third-order valence-corrected chi connectivity index (χ3v) is 6.49. The van der Waals surface area contributed by atoms with Gasteiger partial charge in [0.1, 0.15) is 0 Å². The van der Waals surface area contributed by atoms with E-state index in [2.05, 4.69) is 58.5 Å². The molecular weight excluding hydrogens is 428 g/mol. The van der Waals surface area contributed by atoms with Gasteiger partial charge < -0.3 is 20.3 Å². The quantitative estimate of drug-likeness (QED) is 0.641. The lowest BCUT2D eigenvalue weighted by Gasteiger charge is -2.42. The fourth-order valence-corrected chi connectivity index (χ4v) is 4.79. The Balaban J connectivity index is 1.58. The summed E-state index contributed by atoms with van der Waals surface area (Å²) >= 11 is 0. The van der Waals surface area contributed by atoms with Gasteiger partial charge in [0.15, 0.2) is 0 Å². The first kappa shape index (κ1) is 23.8. The van der Waals surface area contributed by atoms with Gasteiger partial charge in [-0.25, -0.2) is 9.59 Å². The molecule has 34 heavy (non-hydrogen) atoms. The minimum atomic E-state index is -0.547. The van der Waals surface area contributed by atoms with Crippen molar-refractivity contribution in [3.63, 3.8) is 0 Å². The summed E-state index contributed by atoms with van der Waals surface area (Å²) in [6.45, 7) is 11.4. The molecule has 2 aromatic rings. The third kappa shape index (κ3) is 5.25. The SMILES string of the molecule is CCOC(=O)C1=C(CN2CCN(c3cccc(C)c3)[C@@H](C)C2)NC(=O)N[C@@H]1c1ccc(C)cc1. The van der Waals surface area contributed by atoms with E-state index in [1.165, 1.54) is 11.3 Å². The molecule has 2 heterocycles. The minimum absolute atomic E-state index is 0.274. The maximum absolute atomic E-state index is 13.0. The Hall–Kier alpha value is -3.32. The summed E-state index contributed by atoms with van der Waals surface area (Å²) in [4.78, 5) is 30.3. The Bertz CT molecular complexity index is 1080. The normalized spacial score (nSPS) is 21.2. The molecule has 1 saturated heterocycles. The Morgan fingerprint density at radius 3 is 2.53 bits per heavy atom. The zero-order valence-electron chi connectivity index (χ0n) is 20.4. The summed E-state index contributed by atoms with van der Waals surface area (Å²) < 4.78 is 5.40. The molecular formula is C27H34N4O3. The van der Waals surface area contributed by atoms with E-state index in [1.807, 2.05) is 31.2 Å². The van der Waals surface area contributed by atoms with Gasteiger partial charge in [-0.15, -0.1) is 0 Å². The van der Waals surface area contributed by atoms with Crippen LogP contribution in [-0.4, -0.2) is 55.7 Å². The summed E-state index contributed by atoms with van der Waals surface area (Å²) in [7, 11) is 0. The van der Waals surface area contributed by atoms with Crippen molar-refractivity contribution in [1.29, 1.82) is 0 Å². The molecule has 7 nitrogen and oxygen atoms in total. The zero-order valence-corrected chi connectivity index (χ0v) is 20.4. The van der Waals surface area contributed by atoms with Gasteiger partial charge in [-0.05, 0) is 51.0 Å². The molecule has 7 heteroatoms. The first-order chi connectivity index (χ1) is 16.4. The molecule has 0 aromatic heterocycles. The highest BCUT2D eigenvalue weighted by atomic mass is 16.5. The van der Waals surface area contributed by atoms with Crippen LogP contribution in [-0.2, 0) is 9.53 Å². The average Bonchev–Trinajstić information content (AvgIpc) is 2.79. The number of esters is 1. The van der Waals surface area contributed by atoms with E-state index < -0.39 is 12.0 Å². The first-order valence-corrected chi connectivity index (χ1v) is 12.0. The largest absolute Gasteiger partial charge is 0.463 e. The van der Waals surface area contributed by atoms with Crippen LogP contribution in [0.1, 0.15) is 36.6 Å². The number of aryl methyl sites for hydroxylation is 2. The molecule has 180 valence electrons. The monoisotopic (exact) mass is 462 g/mol. The highest BCUT2D eigenvalue weighted by molar-refractivity contribution is 5.95. The molecule has 2 aliphatic rings. The van der Waals surface area contributed by atoms with Crippen molar-refractivity contribution in [2.45, 2.75) is 39.8 Å². The number of urea groups is 1. The molecule has 2 aromatic carbocycles. The van der Waals surface area contributed by atoms with Crippen molar-refractivity contribution >= 4 is 17.7 Å². The number of rotatable bonds is 6. The number of nitrogens with zero attached hydrogens (tertiary/aromatic N) is 2. The van der Waals surface area contributed by atoms with Crippen LogP contribution in [0.3, 0.4) is 0 Å². The van der Waals surface area contributed by atoms with E-state index in [1.54, 1.807) is 6.92 Å². The fraction of sp³-hybridized carbons (Fsp3) is 0.407. The van der Waals surface area contributed by atoms with Crippen molar-refractivity contribution in [3.8, 4) is 0 Å². The average molecular weight is 463 g/mol. The number of hydrogen-bond acceptors (Lipinski definition) is 5. The summed E-state index contributed by atoms with van der Waals surface area (Å²) in [5.74, 6) is -0.401. The number of nitrogens with one attached hydrogen (secondary N) is 2. The Morgan fingerprint density at radius 1 is 1.09 bits per heavy atom. The van der Waals surface area contributed by atoms with Gasteiger partial charge in [0.05, 0.1) is 18.2 Å². The molecule has 0 saturated carbocycles. The van der Waals surface area contributed by atoms with E-state index in [4.69, 9.17) is 4.74 Å². The van der Waals surface area contributed by atoms with E-state index in [9.17, 15) is 9.59 Å². The predicted molar refractivity (Wildman–Crippen MR) is 134 cm³/mol. The van der Waals surface area contributed by atoms with Crippen molar-refractivity contribution < 1.29 is 14.3 Å². The lowest BCUT2D eigenvalue weighted by Crippen LogP contribution is -2.54. The number of ether oxygens (including phenoxy) is 1. The number of anilines is 1. The molecule has 0 spiro atoms. The number of piperazine rings is 1. The molecule has 2 atom stereocenters. The Morgan fingerprint density at radius 2 is 1.85 bits per heavy atom. The second-order valence-corrected chi connectivity index (χ2v) is 9.17. The summed E-state index contributed by atoms with van der Waals surface area (Å²) in [6, 6.07) is 15.9. The lowest BCUT2D eigenvalue weighted by molar-refractivity contribution is -0.139. The predicted octanol–water partition coefficient (Wildman–Crippen LogP) is 3.69. The van der Waals surface area contributed by atoms with Crippen LogP contribution in [0.25, 0.3) is 0 Å². The topological polar surface area (TPSA) is 73.9 Å². The molecule has 4 rings (SSSR count). The molecule has 2 amide bonds. The molecule has 0 unspecified atom stereocenters. The van der Waals surface area contributed by atoms with Crippen molar-refractivity contribution in [1.82, 2.24) is 15.5 Å². The number of hydrogen-bond donors (Lipinski definition) is 2. The summed E-state index contributed by atoms with van der Waals surface area (Å²) in [6.07, 6.45) is 0. The maximum atomic E-state index is 13.0. The van der Waals surface area contributed by atoms with Gasteiger partial charge in [0.2, 0.25) is 0 Å². The third-order valence-electron chi connectivity index (χ3n) is 6.49. The second kappa shape index (κ2) is 10.3.